The molecular weight excluding hydrogens is 212 g/mol. The summed E-state index contributed by atoms with van der Waals surface area (Å²) in [5.74, 6) is -0.696. The maximum atomic E-state index is 10.6. The van der Waals surface area contributed by atoms with E-state index in [-0.39, 0.29) is 13.0 Å². The van der Waals surface area contributed by atoms with Crippen LogP contribution in [0, 0.1) is 0 Å². The minimum Gasteiger partial charge on any atom is -0.392 e. The van der Waals surface area contributed by atoms with Gasteiger partial charge in [0.2, 0.25) is 5.91 Å². The number of pyridine rings is 1. The molecule has 0 saturated carbocycles. The number of carbonyl (C=O) groups is 1. The van der Waals surface area contributed by atoms with Crippen LogP contribution in [0.3, 0.4) is 0 Å². The summed E-state index contributed by atoms with van der Waals surface area (Å²) in [6.07, 6.45) is -0.0466. The molecule has 0 aromatic carbocycles. The van der Waals surface area contributed by atoms with Gasteiger partial charge in [0.15, 0.2) is 0 Å². The van der Waals surface area contributed by atoms with Gasteiger partial charge < -0.3 is 21.1 Å². The van der Waals surface area contributed by atoms with E-state index >= 15 is 0 Å². The van der Waals surface area contributed by atoms with E-state index in [9.17, 15) is 15.0 Å². The Labute approximate surface area is 92.4 Å². The number of aromatic nitrogens is 1. The minimum absolute atomic E-state index is 0.209. The summed E-state index contributed by atoms with van der Waals surface area (Å²) in [5, 5.41) is 28.0. The second-order valence-corrected chi connectivity index (χ2v) is 3.47. The van der Waals surface area contributed by atoms with E-state index in [1.54, 1.807) is 0 Å². The molecule has 1 rings (SSSR count). The monoisotopic (exact) mass is 226 g/mol. The van der Waals surface area contributed by atoms with Crippen LogP contribution in [0.4, 0.5) is 0 Å². The van der Waals surface area contributed by atoms with Crippen LogP contribution in [0.1, 0.15) is 23.7 Å². The van der Waals surface area contributed by atoms with E-state index in [1.807, 2.05) is 0 Å². The number of hydrogen-bond donors (Lipinski definition) is 4. The average Bonchev–Trinajstić information content (AvgIpc) is 2.27. The third-order valence-electron chi connectivity index (χ3n) is 2.11. The molecule has 1 aromatic rings. The molecule has 0 aliphatic heterocycles. The SMILES string of the molecule is NC(=O)CC(O)C(O)c1cncc(CO)c1. The van der Waals surface area contributed by atoms with Crippen molar-refractivity contribution in [3.05, 3.63) is 29.6 Å². The van der Waals surface area contributed by atoms with Crippen molar-refractivity contribution in [3.8, 4) is 0 Å². The zero-order valence-corrected chi connectivity index (χ0v) is 8.58. The Morgan fingerprint density at radius 3 is 2.69 bits per heavy atom. The lowest BCUT2D eigenvalue weighted by Crippen LogP contribution is -2.25. The van der Waals surface area contributed by atoms with Gasteiger partial charge in [-0.25, -0.2) is 0 Å². The Balaban J connectivity index is 2.78. The normalized spacial score (nSPS) is 14.4. The van der Waals surface area contributed by atoms with E-state index in [0.29, 0.717) is 11.1 Å². The summed E-state index contributed by atoms with van der Waals surface area (Å²) in [6.45, 7) is -0.209. The fraction of sp³-hybridized carbons (Fsp3) is 0.400. The molecule has 5 N–H and O–H groups in total. The molecule has 16 heavy (non-hydrogen) atoms. The van der Waals surface area contributed by atoms with Gasteiger partial charge in [0.25, 0.3) is 0 Å². The number of primary amides is 1. The molecule has 2 unspecified atom stereocenters. The molecule has 0 saturated heterocycles. The molecule has 2 atom stereocenters. The molecule has 0 bridgehead atoms. The maximum Gasteiger partial charge on any atom is 0.220 e. The van der Waals surface area contributed by atoms with Crippen LogP contribution in [0.5, 0.6) is 0 Å². The summed E-state index contributed by atoms with van der Waals surface area (Å²) in [5.41, 5.74) is 5.75. The highest BCUT2D eigenvalue weighted by atomic mass is 16.3. The molecule has 0 aliphatic carbocycles. The van der Waals surface area contributed by atoms with Crippen LogP contribution >= 0.6 is 0 Å². The van der Waals surface area contributed by atoms with Crippen LogP contribution < -0.4 is 5.73 Å². The predicted octanol–water partition coefficient (Wildman–Crippen LogP) is -1.16. The molecule has 0 spiro atoms. The first-order valence-electron chi connectivity index (χ1n) is 4.73. The number of nitrogens with zero attached hydrogens (tertiary/aromatic N) is 1. The highest BCUT2D eigenvalue weighted by Crippen LogP contribution is 2.18. The maximum absolute atomic E-state index is 10.6. The lowest BCUT2D eigenvalue weighted by Gasteiger charge is -2.16. The summed E-state index contributed by atoms with van der Waals surface area (Å²) in [4.78, 5) is 14.4. The van der Waals surface area contributed by atoms with E-state index in [1.165, 1.54) is 18.5 Å². The Kier molecular flexibility index (Phi) is 4.36. The van der Waals surface area contributed by atoms with Gasteiger partial charge in [0.1, 0.15) is 6.10 Å². The van der Waals surface area contributed by atoms with Gasteiger partial charge in [-0.3, -0.25) is 9.78 Å². The Bertz CT molecular complexity index is 370. The van der Waals surface area contributed by atoms with E-state index in [2.05, 4.69) is 4.98 Å². The van der Waals surface area contributed by atoms with Crippen LogP contribution in [0.2, 0.25) is 0 Å². The number of nitrogens with two attached hydrogens (primary N) is 1. The van der Waals surface area contributed by atoms with Crippen LogP contribution in [0.15, 0.2) is 18.5 Å². The lowest BCUT2D eigenvalue weighted by atomic mass is 10.0. The van der Waals surface area contributed by atoms with Crippen molar-refractivity contribution in [2.75, 3.05) is 0 Å². The molecule has 0 fully saturated rings. The molecule has 1 aromatic heterocycles. The molecule has 0 radical (unpaired) electrons. The van der Waals surface area contributed by atoms with Gasteiger partial charge in [-0.15, -0.1) is 0 Å². The van der Waals surface area contributed by atoms with E-state index in [4.69, 9.17) is 10.8 Å². The molecule has 6 nitrogen and oxygen atoms in total. The number of aliphatic hydroxyl groups excluding tert-OH is 3. The third kappa shape index (κ3) is 3.27. The highest BCUT2D eigenvalue weighted by Gasteiger charge is 2.20. The van der Waals surface area contributed by atoms with Crippen molar-refractivity contribution in [2.24, 2.45) is 5.73 Å². The van der Waals surface area contributed by atoms with E-state index < -0.39 is 18.1 Å². The first-order valence-corrected chi connectivity index (χ1v) is 4.73. The van der Waals surface area contributed by atoms with Gasteiger partial charge >= 0.3 is 0 Å². The molecule has 1 heterocycles. The third-order valence-corrected chi connectivity index (χ3v) is 2.11. The van der Waals surface area contributed by atoms with Gasteiger partial charge in [-0.1, -0.05) is 0 Å². The van der Waals surface area contributed by atoms with Crippen molar-refractivity contribution in [1.29, 1.82) is 0 Å². The van der Waals surface area contributed by atoms with Crippen molar-refractivity contribution < 1.29 is 20.1 Å². The Morgan fingerprint density at radius 2 is 2.12 bits per heavy atom. The first kappa shape index (κ1) is 12.6. The van der Waals surface area contributed by atoms with Crippen LogP contribution in [0.25, 0.3) is 0 Å². The quantitative estimate of drug-likeness (QED) is 0.505. The molecule has 0 aliphatic rings. The molecule has 88 valence electrons. The Morgan fingerprint density at radius 1 is 1.44 bits per heavy atom. The number of rotatable bonds is 5. The molecule has 6 heteroatoms. The topological polar surface area (TPSA) is 117 Å². The summed E-state index contributed by atoms with van der Waals surface area (Å²) < 4.78 is 0. The molecule has 1 amide bonds. The lowest BCUT2D eigenvalue weighted by molar-refractivity contribution is -0.121. The number of carbonyl (C=O) groups excluding carboxylic acids is 1. The molecular formula is C10H14N2O4. The number of hydrogen-bond acceptors (Lipinski definition) is 5. The Hall–Kier alpha value is -1.50. The summed E-state index contributed by atoms with van der Waals surface area (Å²) >= 11 is 0. The van der Waals surface area contributed by atoms with Gasteiger partial charge in [0, 0.05) is 18.0 Å². The second kappa shape index (κ2) is 5.55. The number of aliphatic hydroxyl groups is 3. The fourth-order valence-corrected chi connectivity index (χ4v) is 1.30. The summed E-state index contributed by atoms with van der Waals surface area (Å²) in [7, 11) is 0. The number of amides is 1. The van der Waals surface area contributed by atoms with Crippen molar-refractivity contribution in [1.82, 2.24) is 4.98 Å². The second-order valence-electron chi connectivity index (χ2n) is 3.47. The standard InChI is InChI=1S/C10H14N2O4/c11-9(15)2-8(14)10(16)7-1-6(5-13)3-12-4-7/h1,3-4,8,10,13-14,16H,2,5H2,(H2,11,15). The first-order chi connectivity index (χ1) is 7.54. The zero-order chi connectivity index (χ0) is 12.1. The van der Waals surface area contributed by atoms with E-state index in [0.717, 1.165) is 0 Å². The smallest absolute Gasteiger partial charge is 0.220 e. The van der Waals surface area contributed by atoms with Gasteiger partial charge in [-0.2, -0.15) is 0 Å². The largest absolute Gasteiger partial charge is 0.392 e. The summed E-state index contributed by atoms with van der Waals surface area (Å²) in [6, 6.07) is 1.50. The average molecular weight is 226 g/mol. The highest BCUT2D eigenvalue weighted by molar-refractivity contribution is 5.74. The van der Waals surface area contributed by atoms with Gasteiger partial charge in [0.05, 0.1) is 19.1 Å². The predicted molar refractivity (Wildman–Crippen MR) is 54.9 cm³/mol. The van der Waals surface area contributed by atoms with Gasteiger partial charge in [-0.05, 0) is 11.6 Å². The zero-order valence-electron chi connectivity index (χ0n) is 8.58. The van der Waals surface area contributed by atoms with Crippen molar-refractivity contribution in [3.63, 3.8) is 0 Å². The van der Waals surface area contributed by atoms with Crippen molar-refractivity contribution >= 4 is 5.91 Å². The minimum atomic E-state index is -1.27. The fourth-order valence-electron chi connectivity index (χ4n) is 1.30. The van der Waals surface area contributed by atoms with Crippen LogP contribution in [-0.2, 0) is 11.4 Å². The van der Waals surface area contributed by atoms with Crippen molar-refractivity contribution in [2.45, 2.75) is 25.2 Å². The van der Waals surface area contributed by atoms with Crippen LogP contribution in [-0.4, -0.2) is 32.3 Å².